The number of piperazine rings is 1. The van der Waals surface area contributed by atoms with Crippen LogP contribution in [0.2, 0.25) is 0 Å². The lowest BCUT2D eigenvalue weighted by atomic mass is 10.2. The maximum Gasteiger partial charge on any atom is 0.242 e. The second kappa shape index (κ2) is 8.98. The molecule has 2 aromatic rings. The Balaban J connectivity index is 1.63. The molecule has 0 radical (unpaired) electrons. The lowest BCUT2D eigenvalue weighted by molar-refractivity contribution is 0.382. The molecule has 0 aromatic heterocycles. The summed E-state index contributed by atoms with van der Waals surface area (Å²) >= 11 is 5.56. The summed E-state index contributed by atoms with van der Waals surface area (Å²) in [7, 11) is 1.22. The topological polar surface area (TPSA) is 65.1 Å². The van der Waals surface area contributed by atoms with Crippen LogP contribution in [0.1, 0.15) is 0 Å². The molecule has 0 bridgehead atoms. The number of anilines is 2. The SMILES string of the molecule is COc1ccccc1N1CCN(C(=S)Nc2cccc(S(=O)(=O)N(C)C)c2)CC1. The Kier molecular flexibility index (Phi) is 6.61. The van der Waals surface area contributed by atoms with Crippen LogP contribution in [0.5, 0.6) is 5.75 Å². The fourth-order valence-corrected chi connectivity index (χ4v) is 4.44. The highest BCUT2D eigenvalue weighted by Crippen LogP contribution is 2.28. The van der Waals surface area contributed by atoms with E-state index in [9.17, 15) is 8.42 Å². The predicted molar refractivity (Wildman–Crippen MR) is 120 cm³/mol. The third-order valence-electron chi connectivity index (χ3n) is 4.86. The van der Waals surface area contributed by atoms with E-state index in [0.717, 1.165) is 37.6 Å². The summed E-state index contributed by atoms with van der Waals surface area (Å²) in [6.07, 6.45) is 0. The van der Waals surface area contributed by atoms with E-state index in [0.29, 0.717) is 10.8 Å². The molecule has 0 aliphatic carbocycles. The zero-order valence-corrected chi connectivity index (χ0v) is 18.5. The Morgan fingerprint density at radius 2 is 1.76 bits per heavy atom. The maximum atomic E-state index is 12.3. The zero-order chi connectivity index (χ0) is 21.0. The van der Waals surface area contributed by atoms with Gasteiger partial charge in [0.15, 0.2) is 5.11 Å². The van der Waals surface area contributed by atoms with Gasteiger partial charge in [0.2, 0.25) is 10.0 Å². The first-order valence-electron chi connectivity index (χ1n) is 9.29. The molecule has 1 N–H and O–H groups in total. The van der Waals surface area contributed by atoms with Crippen molar-refractivity contribution in [1.82, 2.24) is 9.21 Å². The first-order valence-corrected chi connectivity index (χ1v) is 11.1. The maximum absolute atomic E-state index is 12.3. The Hall–Kier alpha value is -2.36. The minimum Gasteiger partial charge on any atom is -0.495 e. The average Bonchev–Trinajstić information content (AvgIpc) is 2.74. The van der Waals surface area contributed by atoms with E-state index in [-0.39, 0.29) is 4.90 Å². The first-order chi connectivity index (χ1) is 13.8. The molecule has 1 heterocycles. The number of hydrogen-bond donors (Lipinski definition) is 1. The van der Waals surface area contributed by atoms with Gasteiger partial charge in [-0.2, -0.15) is 0 Å². The molecular formula is C20H26N4O3S2. The number of rotatable bonds is 5. The van der Waals surface area contributed by atoms with Crippen LogP contribution in [0.4, 0.5) is 11.4 Å². The molecular weight excluding hydrogens is 408 g/mol. The van der Waals surface area contributed by atoms with Gasteiger partial charge in [-0.25, -0.2) is 12.7 Å². The first kappa shape index (κ1) is 21.4. The third-order valence-corrected chi connectivity index (χ3v) is 7.03. The smallest absolute Gasteiger partial charge is 0.242 e. The van der Waals surface area contributed by atoms with E-state index in [1.807, 2.05) is 24.3 Å². The van der Waals surface area contributed by atoms with Crippen molar-refractivity contribution < 1.29 is 13.2 Å². The van der Waals surface area contributed by atoms with Gasteiger partial charge >= 0.3 is 0 Å². The van der Waals surface area contributed by atoms with Gasteiger partial charge in [0, 0.05) is 46.0 Å². The van der Waals surface area contributed by atoms with Gasteiger partial charge in [-0.15, -0.1) is 0 Å². The molecule has 156 valence electrons. The van der Waals surface area contributed by atoms with E-state index in [1.165, 1.54) is 18.4 Å². The van der Waals surface area contributed by atoms with Gasteiger partial charge in [0.1, 0.15) is 5.75 Å². The van der Waals surface area contributed by atoms with Crippen molar-refractivity contribution in [2.75, 3.05) is 57.6 Å². The van der Waals surface area contributed by atoms with Crippen LogP contribution in [0.15, 0.2) is 53.4 Å². The van der Waals surface area contributed by atoms with Crippen LogP contribution in [0.25, 0.3) is 0 Å². The van der Waals surface area contributed by atoms with Crippen LogP contribution in [0.3, 0.4) is 0 Å². The molecule has 0 saturated carbocycles. The van der Waals surface area contributed by atoms with Crippen molar-refractivity contribution in [3.8, 4) is 5.75 Å². The Morgan fingerprint density at radius 3 is 2.41 bits per heavy atom. The minimum absolute atomic E-state index is 0.233. The Bertz CT molecular complexity index is 971. The molecule has 7 nitrogen and oxygen atoms in total. The fourth-order valence-electron chi connectivity index (χ4n) is 3.19. The number of hydrogen-bond acceptors (Lipinski definition) is 5. The van der Waals surface area contributed by atoms with Crippen LogP contribution in [-0.4, -0.2) is 70.1 Å². The number of nitrogens with zero attached hydrogens (tertiary/aromatic N) is 3. The van der Waals surface area contributed by atoms with Crippen molar-refractivity contribution >= 4 is 38.7 Å². The van der Waals surface area contributed by atoms with Gasteiger partial charge < -0.3 is 19.9 Å². The molecule has 0 spiro atoms. The molecule has 2 aromatic carbocycles. The molecule has 0 amide bonds. The zero-order valence-electron chi connectivity index (χ0n) is 16.8. The normalized spacial score (nSPS) is 14.8. The molecule has 9 heteroatoms. The number of nitrogens with one attached hydrogen (secondary N) is 1. The molecule has 1 aliphatic rings. The summed E-state index contributed by atoms with van der Waals surface area (Å²) < 4.78 is 31.3. The number of para-hydroxylation sites is 2. The summed E-state index contributed by atoms with van der Waals surface area (Å²) in [6.45, 7) is 3.16. The minimum atomic E-state index is -3.49. The van der Waals surface area contributed by atoms with Crippen LogP contribution in [0, 0.1) is 0 Å². The number of thiocarbonyl (C=S) groups is 1. The second-order valence-corrected chi connectivity index (χ2v) is 9.43. The predicted octanol–water partition coefficient (Wildman–Crippen LogP) is 2.46. The van der Waals surface area contributed by atoms with Gasteiger partial charge in [-0.1, -0.05) is 18.2 Å². The van der Waals surface area contributed by atoms with E-state index >= 15 is 0 Å². The molecule has 1 aliphatic heterocycles. The molecule has 3 rings (SSSR count). The van der Waals surface area contributed by atoms with E-state index in [4.69, 9.17) is 17.0 Å². The summed E-state index contributed by atoms with van der Waals surface area (Å²) in [5.41, 5.74) is 1.74. The molecule has 0 unspecified atom stereocenters. The lowest BCUT2D eigenvalue weighted by Crippen LogP contribution is -2.50. The van der Waals surface area contributed by atoms with E-state index < -0.39 is 10.0 Å². The number of methoxy groups -OCH3 is 1. The monoisotopic (exact) mass is 434 g/mol. The van der Waals surface area contributed by atoms with Gasteiger partial charge in [-0.3, -0.25) is 0 Å². The highest BCUT2D eigenvalue weighted by atomic mass is 32.2. The number of ether oxygens (including phenoxy) is 1. The van der Waals surface area contributed by atoms with Crippen molar-refractivity contribution in [3.63, 3.8) is 0 Å². The molecule has 29 heavy (non-hydrogen) atoms. The van der Waals surface area contributed by atoms with Crippen molar-refractivity contribution in [2.24, 2.45) is 0 Å². The van der Waals surface area contributed by atoms with Crippen molar-refractivity contribution in [2.45, 2.75) is 4.90 Å². The summed E-state index contributed by atoms with van der Waals surface area (Å²) in [6, 6.07) is 14.7. The van der Waals surface area contributed by atoms with Crippen molar-refractivity contribution in [1.29, 1.82) is 0 Å². The van der Waals surface area contributed by atoms with Crippen LogP contribution in [-0.2, 0) is 10.0 Å². The highest BCUT2D eigenvalue weighted by Gasteiger charge is 2.22. The Labute approximate surface area is 177 Å². The highest BCUT2D eigenvalue weighted by molar-refractivity contribution is 7.89. The van der Waals surface area contributed by atoms with E-state index in [2.05, 4.69) is 21.2 Å². The van der Waals surface area contributed by atoms with Crippen LogP contribution >= 0.6 is 12.2 Å². The van der Waals surface area contributed by atoms with Gasteiger partial charge in [0.05, 0.1) is 17.7 Å². The number of sulfonamides is 1. The summed E-state index contributed by atoms with van der Waals surface area (Å²) in [5.74, 6) is 0.862. The number of benzene rings is 2. The second-order valence-electron chi connectivity index (χ2n) is 6.89. The Morgan fingerprint density at radius 1 is 1.07 bits per heavy atom. The summed E-state index contributed by atoms with van der Waals surface area (Å²) in [4.78, 5) is 4.60. The summed E-state index contributed by atoms with van der Waals surface area (Å²) in [5, 5.41) is 3.76. The van der Waals surface area contributed by atoms with Crippen molar-refractivity contribution in [3.05, 3.63) is 48.5 Å². The van der Waals surface area contributed by atoms with E-state index in [1.54, 1.807) is 25.3 Å². The fraction of sp³-hybridized carbons (Fsp3) is 0.350. The molecule has 1 saturated heterocycles. The van der Waals surface area contributed by atoms with Gasteiger partial charge in [-0.05, 0) is 42.5 Å². The average molecular weight is 435 g/mol. The third kappa shape index (κ3) is 4.80. The standard InChI is InChI=1S/C20H26N4O3S2/c1-22(2)29(25,26)17-8-6-7-16(15-17)21-20(28)24-13-11-23(12-14-24)18-9-4-5-10-19(18)27-3/h4-10,15H,11-14H2,1-3H3,(H,21,28). The quantitative estimate of drug-likeness (QED) is 0.725. The lowest BCUT2D eigenvalue weighted by Gasteiger charge is -2.37. The molecule has 0 atom stereocenters. The van der Waals surface area contributed by atoms with Crippen LogP contribution < -0.4 is 15.0 Å². The van der Waals surface area contributed by atoms with Gasteiger partial charge in [0.25, 0.3) is 0 Å². The largest absolute Gasteiger partial charge is 0.495 e. The molecule has 1 fully saturated rings.